The van der Waals surface area contributed by atoms with E-state index in [1.165, 1.54) is 0 Å². The first-order chi connectivity index (χ1) is 12.9. The lowest BCUT2D eigenvalue weighted by Crippen LogP contribution is -2.46. The van der Waals surface area contributed by atoms with E-state index in [4.69, 9.17) is 0 Å². The Kier molecular flexibility index (Phi) is 5.60. The number of amides is 1. The number of nitrogens with zero attached hydrogens (tertiary/aromatic N) is 4. The molecule has 2 aromatic heterocycles. The topological polar surface area (TPSA) is 85.0 Å². The maximum absolute atomic E-state index is 12.6. The summed E-state index contributed by atoms with van der Waals surface area (Å²) in [4.78, 5) is 21.1. The van der Waals surface area contributed by atoms with E-state index in [2.05, 4.69) is 36.1 Å². The highest BCUT2D eigenvalue weighted by Crippen LogP contribution is 2.21. The third-order valence-corrected chi connectivity index (χ3v) is 4.77. The highest BCUT2D eigenvalue weighted by atomic mass is 16.3. The van der Waals surface area contributed by atoms with Gasteiger partial charge in [0, 0.05) is 31.9 Å². The number of carbonyl (C=O) groups is 1. The average molecular weight is 369 g/mol. The van der Waals surface area contributed by atoms with Gasteiger partial charge in [-0.2, -0.15) is 0 Å². The van der Waals surface area contributed by atoms with Gasteiger partial charge in [0.25, 0.3) is 0 Å². The highest BCUT2D eigenvalue weighted by Gasteiger charge is 2.26. The molecule has 7 heteroatoms. The molecular formula is C20H27N5O2. The van der Waals surface area contributed by atoms with Crippen molar-refractivity contribution in [2.75, 3.05) is 0 Å². The molecule has 1 aromatic carbocycles. The van der Waals surface area contributed by atoms with Gasteiger partial charge in [0.05, 0.1) is 23.4 Å². The number of fused-ring (bicyclic) bond motifs is 1. The molecule has 3 rings (SSSR count). The molecule has 2 heterocycles. The highest BCUT2D eigenvalue weighted by molar-refractivity contribution is 5.78. The van der Waals surface area contributed by atoms with E-state index in [1.807, 2.05) is 39.6 Å². The zero-order valence-corrected chi connectivity index (χ0v) is 16.1. The summed E-state index contributed by atoms with van der Waals surface area (Å²) in [5.74, 6) is 0.562. The van der Waals surface area contributed by atoms with Gasteiger partial charge in [0.2, 0.25) is 5.91 Å². The Hall–Kier alpha value is -2.67. The van der Waals surface area contributed by atoms with Gasteiger partial charge in [-0.15, -0.1) is 0 Å². The summed E-state index contributed by atoms with van der Waals surface area (Å²) >= 11 is 0. The van der Waals surface area contributed by atoms with Crippen LogP contribution in [0.4, 0.5) is 0 Å². The van der Waals surface area contributed by atoms with Crippen LogP contribution in [0.25, 0.3) is 11.0 Å². The van der Waals surface area contributed by atoms with Crippen LogP contribution < -0.4 is 5.32 Å². The average Bonchev–Trinajstić information content (AvgIpc) is 3.25. The fourth-order valence-electron chi connectivity index (χ4n) is 3.12. The van der Waals surface area contributed by atoms with Crippen molar-refractivity contribution in [1.29, 1.82) is 0 Å². The minimum absolute atomic E-state index is 0.0169. The normalized spacial score (nSPS) is 13.0. The first-order valence-corrected chi connectivity index (χ1v) is 9.18. The van der Waals surface area contributed by atoms with E-state index >= 15 is 0 Å². The summed E-state index contributed by atoms with van der Waals surface area (Å²) in [6.07, 6.45) is 5.72. The minimum atomic E-state index is -0.151. The quantitative estimate of drug-likeness (QED) is 0.669. The van der Waals surface area contributed by atoms with Crippen molar-refractivity contribution in [2.24, 2.45) is 5.41 Å². The second-order valence-electron chi connectivity index (χ2n) is 7.82. The van der Waals surface area contributed by atoms with Crippen LogP contribution >= 0.6 is 0 Å². The molecule has 2 N–H and O–H groups in total. The SMILES string of the molecule is CC(C)(C)[C@H](Cn1ccnc1)NC(=O)CCn1c(CO)nc2ccccc21. The molecule has 0 spiro atoms. The molecule has 144 valence electrons. The maximum Gasteiger partial charge on any atom is 0.222 e. The Morgan fingerprint density at radius 3 is 2.74 bits per heavy atom. The summed E-state index contributed by atoms with van der Waals surface area (Å²) in [5.41, 5.74) is 1.67. The molecule has 1 atom stereocenters. The first-order valence-electron chi connectivity index (χ1n) is 9.18. The Labute approximate surface area is 159 Å². The fraction of sp³-hybridized carbons (Fsp3) is 0.450. The number of hydrogen-bond donors (Lipinski definition) is 2. The number of aryl methyl sites for hydroxylation is 1. The molecule has 27 heavy (non-hydrogen) atoms. The molecule has 0 aliphatic rings. The van der Waals surface area contributed by atoms with Crippen molar-refractivity contribution in [3.05, 3.63) is 48.8 Å². The first kappa shape index (κ1) is 19.1. The third kappa shape index (κ3) is 4.54. The van der Waals surface area contributed by atoms with Crippen molar-refractivity contribution in [3.8, 4) is 0 Å². The number of carbonyl (C=O) groups excluding carboxylic acids is 1. The second-order valence-corrected chi connectivity index (χ2v) is 7.82. The smallest absolute Gasteiger partial charge is 0.222 e. The number of aromatic nitrogens is 4. The Morgan fingerprint density at radius 1 is 1.30 bits per heavy atom. The molecule has 0 aliphatic heterocycles. The summed E-state index contributed by atoms with van der Waals surface area (Å²) in [6, 6.07) is 7.69. The zero-order valence-electron chi connectivity index (χ0n) is 16.1. The molecule has 3 aromatic rings. The third-order valence-electron chi connectivity index (χ3n) is 4.77. The maximum atomic E-state index is 12.6. The lowest BCUT2D eigenvalue weighted by Gasteiger charge is -2.32. The molecule has 0 fully saturated rings. The number of benzene rings is 1. The van der Waals surface area contributed by atoms with Gasteiger partial charge in [0.1, 0.15) is 12.4 Å². The van der Waals surface area contributed by atoms with Crippen LogP contribution in [0.1, 0.15) is 33.0 Å². The Bertz CT molecular complexity index is 893. The van der Waals surface area contributed by atoms with Crippen molar-refractivity contribution >= 4 is 16.9 Å². The van der Waals surface area contributed by atoms with Crippen LogP contribution in [-0.4, -0.2) is 36.2 Å². The second kappa shape index (κ2) is 7.92. The van der Waals surface area contributed by atoms with Crippen LogP contribution in [0, 0.1) is 5.41 Å². The number of aliphatic hydroxyl groups excluding tert-OH is 1. The lowest BCUT2D eigenvalue weighted by atomic mass is 9.86. The van der Waals surface area contributed by atoms with Crippen LogP contribution in [-0.2, 0) is 24.5 Å². The largest absolute Gasteiger partial charge is 0.388 e. The van der Waals surface area contributed by atoms with Gasteiger partial charge in [-0.3, -0.25) is 4.79 Å². The van der Waals surface area contributed by atoms with Crippen LogP contribution in [0.2, 0.25) is 0 Å². The predicted molar refractivity (Wildman–Crippen MR) is 104 cm³/mol. The standard InChI is InChI=1S/C20H27N5O2/c1-20(2,3)17(12-24-11-9-21-14-24)23-19(27)8-10-25-16-7-5-4-6-15(16)22-18(25)13-26/h4-7,9,11,14,17,26H,8,10,12-13H2,1-3H3,(H,23,27)/t17-/m0/s1. The molecule has 7 nitrogen and oxygen atoms in total. The van der Waals surface area contributed by atoms with E-state index < -0.39 is 0 Å². The van der Waals surface area contributed by atoms with Crippen molar-refractivity contribution in [1.82, 2.24) is 24.4 Å². The molecule has 0 saturated heterocycles. The Morgan fingerprint density at radius 2 is 2.07 bits per heavy atom. The van der Waals surface area contributed by atoms with E-state index in [-0.39, 0.29) is 24.0 Å². The van der Waals surface area contributed by atoms with Crippen molar-refractivity contribution in [2.45, 2.75) is 52.9 Å². The summed E-state index contributed by atoms with van der Waals surface area (Å²) in [7, 11) is 0. The van der Waals surface area contributed by atoms with Crippen molar-refractivity contribution < 1.29 is 9.90 Å². The number of nitrogens with one attached hydrogen (secondary N) is 1. The fourth-order valence-corrected chi connectivity index (χ4v) is 3.12. The van der Waals surface area contributed by atoms with E-state index in [9.17, 15) is 9.90 Å². The van der Waals surface area contributed by atoms with Crippen LogP contribution in [0.15, 0.2) is 43.0 Å². The van der Waals surface area contributed by atoms with Gasteiger partial charge >= 0.3 is 0 Å². The molecule has 0 saturated carbocycles. The minimum Gasteiger partial charge on any atom is -0.388 e. The lowest BCUT2D eigenvalue weighted by molar-refractivity contribution is -0.122. The van der Waals surface area contributed by atoms with Gasteiger partial charge < -0.3 is 19.6 Å². The number of hydrogen-bond acceptors (Lipinski definition) is 4. The predicted octanol–water partition coefficient (Wildman–Crippen LogP) is 2.35. The number of aliphatic hydroxyl groups is 1. The van der Waals surface area contributed by atoms with Gasteiger partial charge in [-0.05, 0) is 17.5 Å². The van der Waals surface area contributed by atoms with Crippen LogP contribution in [0.5, 0.6) is 0 Å². The molecule has 0 bridgehead atoms. The van der Waals surface area contributed by atoms with E-state index in [0.717, 1.165) is 11.0 Å². The summed E-state index contributed by atoms with van der Waals surface area (Å²) < 4.78 is 3.89. The van der Waals surface area contributed by atoms with Gasteiger partial charge in [-0.25, -0.2) is 9.97 Å². The van der Waals surface area contributed by atoms with Gasteiger partial charge in [-0.1, -0.05) is 32.9 Å². The van der Waals surface area contributed by atoms with E-state index in [1.54, 1.807) is 12.5 Å². The molecule has 0 unspecified atom stereocenters. The van der Waals surface area contributed by atoms with Crippen molar-refractivity contribution in [3.63, 3.8) is 0 Å². The number of para-hydroxylation sites is 2. The summed E-state index contributed by atoms with van der Waals surface area (Å²) in [5, 5.41) is 12.7. The molecule has 1 amide bonds. The van der Waals surface area contributed by atoms with Gasteiger partial charge in [0.15, 0.2) is 0 Å². The number of rotatable bonds is 7. The monoisotopic (exact) mass is 369 g/mol. The molecular weight excluding hydrogens is 342 g/mol. The van der Waals surface area contributed by atoms with Crippen LogP contribution in [0.3, 0.4) is 0 Å². The molecule has 0 aliphatic carbocycles. The zero-order chi connectivity index (χ0) is 19.4. The number of imidazole rings is 2. The van der Waals surface area contributed by atoms with E-state index in [0.29, 0.717) is 25.3 Å². The summed E-state index contributed by atoms with van der Waals surface area (Å²) in [6.45, 7) is 7.34. The Balaban J connectivity index is 1.68. The molecule has 0 radical (unpaired) electrons.